The highest BCUT2D eigenvalue weighted by molar-refractivity contribution is 4.87. The third-order valence-corrected chi connectivity index (χ3v) is 2.73. The minimum atomic E-state index is -0.291. The minimum Gasteiger partial charge on any atom is -0.375 e. The summed E-state index contributed by atoms with van der Waals surface area (Å²) in [6.07, 6.45) is 3.65. The van der Waals surface area contributed by atoms with Gasteiger partial charge in [-0.05, 0) is 26.2 Å². The number of nitrogens with two attached hydrogens (primary N) is 1. The quantitative estimate of drug-likeness (QED) is 0.690. The number of ether oxygens (including phenoxy) is 2. The van der Waals surface area contributed by atoms with Gasteiger partial charge in [0.05, 0.1) is 6.10 Å². The molecule has 0 saturated carbocycles. The van der Waals surface area contributed by atoms with Gasteiger partial charge in [0.1, 0.15) is 5.60 Å². The Balaban J connectivity index is 2.51. The molecule has 0 aromatic carbocycles. The zero-order valence-electron chi connectivity index (χ0n) is 8.01. The molecular weight excluding hydrogens is 154 g/mol. The first-order valence-electron chi connectivity index (χ1n) is 4.60. The Morgan fingerprint density at radius 2 is 2.33 bits per heavy atom. The number of hydrogen-bond acceptors (Lipinski definition) is 3. The molecule has 3 nitrogen and oxygen atoms in total. The molecule has 1 aliphatic rings. The Kier molecular flexibility index (Phi) is 3.50. The molecule has 1 heterocycles. The van der Waals surface area contributed by atoms with Crippen molar-refractivity contribution in [2.45, 2.75) is 37.9 Å². The first-order chi connectivity index (χ1) is 5.73. The third-order valence-electron chi connectivity index (χ3n) is 2.73. The molecule has 0 aromatic heterocycles. The van der Waals surface area contributed by atoms with E-state index < -0.39 is 0 Å². The molecular formula is C9H19NO2. The Hall–Kier alpha value is -0.120. The highest BCUT2D eigenvalue weighted by Gasteiger charge is 2.34. The van der Waals surface area contributed by atoms with Gasteiger partial charge in [-0.25, -0.2) is 0 Å². The molecule has 2 N–H and O–H groups in total. The van der Waals surface area contributed by atoms with Crippen molar-refractivity contribution in [3.05, 3.63) is 0 Å². The molecule has 1 aliphatic heterocycles. The molecule has 0 spiro atoms. The monoisotopic (exact) mass is 173 g/mol. The maximum atomic E-state index is 5.64. The van der Waals surface area contributed by atoms with E-state index in [0.29, 0.717) is 6.54 Å². The molecule has 0 aromatic rings. The standard InChI is InChI=1S/C9H19NO2/c1-9(7-10,11-2)8-5-3-4-6-12-8/h8H,3-7,10H2,1-2H3. The van der Waals surface area contributed by atoms with E-state index in [0.717, 1.165) is 13.0 Å². The van der Waals surface area contributed by atoms with Crippen LogP contribution < -0.4 is 5.73 Å². The second-order valence-corrected chi connectivity index (χ2v) is 3.58. The summed E-state index contributed by atoms with van der Waals surface area (Å²) >= 11 is 0. The van der Waals surface area contributed by atoms with E-state index in [2.05, 4.69) is 0 Å². The maximum absolute atomic E-state index is 5.64. The lowest BCUT2D eigenvalue weighted by atomic mass is 9.93. The van der Waals surface area contributed by atoms with E-state index in [1.807, 2.05) is 6.92 Å². The maximum Gasteiger partial charge on any atom is 0.103 e. The normalized spacial score (nSPS) is 29.8. The van der Waals surface area contributed by atoms with E-state index >= 15 is 0 Å². The topological polar surface area (TPSA) is 44.5 Å². The van der Waals surface area contributed by atoms with E-state index in [1.54, 1.807) is 7.11 Å². The zero-order chi connectivity index (χ0) is 9.03. The van der Waals surface area contributed by atoms with Gasteiger partial charge in [0.25, 0.3) is 0 Å². The predicted octanol–water partition coefficient (Wildman–Crippen LogP) is 0.919. The molecule has 0 amide bonds. The lowest BCUT2D eigenvalue weighted by Crippen LogP contribution is -2.50. The second-order valence-electron chi connectivity index (χ2n) is 3.58. The molecule has 1 rings (SSSR count). The smallest absolute Gasteiger partial charge is 0.103 e. The zero-order valence-corrected chi connectivity index (χ0v) is 8.01. The molecule has 3 heteroatoms. The summed E-state index contributed by atoms with van der Waals surface area (Å²) in [5.41, 5.74) is 5.35. The largest absolute Gasteiger partial charge is 0.375 e. The molecule has 0 radical (unpaired) electrons. The molecule has 1 fully saturated rings. The van der Waals surface area contributed by atoms with Gasteiger partial charge in [-0.15, -0.1) is 0 Å². The molecule has 0 bridgehead atoms. The van der Waals surface area contributed by atoms with Gasteiger partial charge in [0.15, 0.2) is 0 Å². The highest BCUT2D eigenvalue weighted by atomic mass is 16.5. The average Bonchev–Trinajstić information content (AvgIpc) is 2.18. The van der Waals surface area contributed by atoms with Gasteiger partial charge in [0.2, 0.25) is 0 Å². The van der Waals surface area contributed by atoms with Crippen molar-refractivity contribution in [1.82, 2.24) is 0 Å². The summed E-state index contributed by atoms with van der Waals surface area (Å²) in [6.45, 7) is 3.39. The van der Waals surface area contributed by atoms with Crippen LogP contribution in [0.3, 0.4) is 0 Å². The average molecular weight is 173 g/mol. The predicted molar refractivity (Wildman–Crippen MR) is 48.1 cm³/mol. The van der Waals surface area contributed by atoms with Crippen molar-refractivity contribution in [1.29, 1.82) is 0 Å². The Morgan fingerprint density at radius 3 is 2.75 bits per heavy atom. The number of rotatable bonds is 3. The molecule has 2 atom stereocenters. The minimum absolute atomic E-state index is 0.182. The molecule has 1 saturated heterocycles. The molecule has 2 unspecified atom stereocenters. The van der Waals surface area contributed by atoms with E-state index in [-0.39, 0.29) is 11.7 Å². The van der Waals surface area contributed by atoms with E-state index in [1.165, 1.54) is 12.8 Å². The second kappa shape index (κ2) is 4.21. The van der Waals surface area contributed by atoms with Crippen molar-refractivity contribution in [3.8, 4) is 0 Å². The van der Waals surface area contributed by atoms with Crippen molar-refractivity contribution in [3.63, 3.8) is 0 Å². The summed E-state index contributed by atoms with van der Waals surface area (Å²) in [7, 11) is 1.70. The lowest BCUT2D eigenvalue weighted by Gasteiger charge is -2.37. The van der Waals surface area contributed by atoms with Gasteiger partial charge in [-0.3, -0.25) is 0 Å². The van der Waals surface area contributed by atoms with Gasteiger partial charge >= 0.3 is 0 Å². The van der Waals surface area contributed by atoms with Gasteiger partial charge in [-0.1, -0.05) is 0 Å². The van der Waals surface area contributed by atoms with Crippen LogP contribution >= 0.6 is 0 Å². The fourth-order valence-corrected chi connectivity index (χ4v) is 1.57. The van der Waals surface area contributed by atoms with Gasteiger partial charge < -0.3 is 15.2 Å². The van der Waals surface area contributed by atoms with Crippen LogP contribution in [-0.4, -0.2) is 32.0 Å². The summed E-state index contributed by atoms with van der Waals surface area (Å²) < 4.78 is 11.0. The van der Waals surface area contributed by atoms with Crippen molar-refractivity contribution >= 4 is 0 Å². The fraction of sp³-hybridized carbons (Fsp3) is 1.00. The van der Waals surface area contributed by atoms with Crippen LogP contribution in [0.5, 0.6) is 0 Å². The third kappa shape index (κ3) is 1.97. The van der Waals surface area contributed by atoms with Crippen LogP contribution in [0.25, 0.3) is 0 Å². The molecule has 72 valence electrons. The van der Waals surface area contributed by atoms with Crippen molar-refractivity contribution < 1.29 is 9.47 Å². The van der Waals surface area contributed by atoms with Crippen molar-refractivity contribution in [2.75, 3.05) is 20.3 Å². The van der Waals surface area contributed by atoms with Crippen LogP contribution in [0.4, 0.5) is 0 Å². The number of methoxy groups -OCH3 is 1. The SMILES string of the molecule is COC(C)(CN)C1CCCCO1. The van der Waals surface area contributed by atoms with Crippen LogP contribution in [0.2, 0.25) is 0 Å². The number of hydrogen-bond donors (Lipinski definition) is 1. The summed E-state index contributed by atoms with van der Waals surface area (Å²) in [4.78, 5) is 0. The molecule has 12 heavy (non-hydrogen) atoms. The Morgan fingerprint density at radius 1 is 1.58 bits per heavy atom. The Bertz CT molecular complexity index is 128. The van der Waals surface area contributed by atoms with Gasteiger partial charge in [0, 0.05) is 20.3 Å². The summed E-state index contributed by atoms with van der Waals surface area (Å²) in [6, 6.07) is 0. The van der Waals surface area contributed by atoms with Crippen LogP contribution in [0.15, 0.2) is 0 Å². The first-order valence-corrected chi connectivity index (χ1v) is 4.60. The van der Waals surface area contributed by atoms with Crippen LogP contribution in [-0.2, 0) is 9.47 Å². The van der Waals surface area contributed by atoms with Gasteiger partial charge in [-0.2, -0.15) is 0 Å². The van der Waals surface area contributed by atoms with Crippen LogP contribution in [0, 0.1) is 0 Å². The summed E-state index contributed by atoms with van der Waals surface area (Å²) in [5, 5.41) is 0. The fourth-order valence-electron chi connectivity index (χ4n) is 1.57. The van der Waals surface area contributed by atoms with Crippen LogP contribution in [0.1, 0.15) is 26.2 Å². The van der Waals surface area contributed by atoms with Crippen molar-refractivity contribution in [2.24, 2.45) is 5.73 Å². The van der Waals surface area contributed by atoms with E-state index in [9.17, 15) is 0 Å². The lowest BCUT2D eigenvalue weighted by molar-refractivity contribution is -0.130. The molecule has 0 aliphatic carbocycles. The first kappa shape index (κ1) is 9.96. The van der Waals surface area contributed by atoms with E-state index in [4.69, 9.17) is 15.2 Å². The highest BCUT2D eigenvalue weighted by Crippen LogP contribution is 2.25. The Labute approximate surface area is 74.2 Å². The summed E-state index contributed by atoms with van der Waals surface area (Å²) in [5.74, 6) is 0.